The van der Waals surface area contributed by atoms with E-state index >= 15 is 0 Å². The van der Waals surface area contributed by atoms with Crippen LogP contribution in [0.4, 0.5) is 0 Å². The van der Waals surface area contributed by atoms with Gasteiger partial charge in [0, 0.05) is 30.1 Å². The van der Waals surface area contributed by atoms with Crippen LogP contribution in [0.2, 0.25) is 10.0 Å². The van der Waals surface area contributed by atoms with Gasteiger partial charge in [0.25, 0.3) is 0 Å². The predicted octanol–water partition coefficient (Wildman–Crippen LogP) is 4.47. The highest BCUT2D eigenvalue weighted by atomic mass is 35.5. The highest BCUT2D eigenvalue weighted by molar-refractivity contribution is 7.88. The average Bonchev–Trinajstić information content (AvgIpc) is 2.97. The maximum absolute atomic E-state index is 12.6. The second-order valence-corrected chi connectivity index (χ2v) is 9.68. The maximum atomic E-state index is 12.6. The first-order valence-corrected chi connectivity index (χ1v) is 10.9. The van der Waals surface area contributed by atoms with Crippen molar-refractivity contribution in [3.63, 3.8) is 0 Å². The summed E-state index contributed by atoms with van der Waals surface area (Å²) >= 11 is 13.5. The molecule has 24 heavy (non-hydrogen) atoms. The molecule has 0 atom stereocenters. The molecule has 4 nitrogen and oxygen atoms in total. The van der Waals surface area contributed by atoms with Crippen LogP contribution < -0.4 is 0 Å². The number of benzene rings is 1. The summed E-state index contributed by atoms with van der Waals surface area (Å²) in [5.41, 5.74) is 1.69. The molecule has 1 aromatic carbocycles. The summed E-state index contributed by atoms with van der Waals surface area (Å²) in [7, 11) is -3.35. The molecule has 1 saturated heterocycles. The average molecular weight is 405 g/mol. The summed E-state index contributed by atoms with van der Waals surface area (Å²) in [5, 5.41) is 3.97. The third kappa shape index (κ3) is 4.11. The summed E-state index contributed by atoms with van der Waals surface area (Å²) < 4.78 is 26.8. The van der Waals surface area contributed by atoms with Gasteiger partial charge in [0.1, 0.15) is 0 Å². The largest absolute Gasteiger partial charge is 0.246 e. The van der Waals surface area contributed by atoms with E-state index in [1.165, 1.54) is 0 Å². The van der Waals surface area contributed by atoms with Gasteiger partial charge in [0.2, 0.25) is 10.0 Å². The molecule has 3 rings (SSSR count). The molecular weight excluding hydrogens is 387 g/mol. The van der Waals surface area contributed by atoms with Crippen LogP contribution in [0.25, 0.3) is 0 Å². The van der Waals surface area contributed by atoms with Crippen molar-refractivity contribution in [2.24, 2.45) is 0 Å². The first kappa shape index (κ1) is 18.1. The van der Waals surface area contributed by atoms with E-state index in [4.69, 9.17) is 23.2 Å². The summed E-state index contributed by atoms with van der Waals surface area (Å²) in [6, 6.07) is 4.95. The van der Waals surface area contributed by atoms with Crippen molar-refractivity contribution in [1.82, 2.24) is 9.29 Å². The lowest BCUT2D eigenvalue weighted by Gasteiger charge is -2.30. The van der Waals surface area contributed by atoms with Crippen molar-refractivity contribution in [1.29, 1.82) is 0 Å². The van der Waals surface area contributed by atoms with Crippen LogP contribution in [0.5, 0.6) is 0 Å². The normalized spacial score (nSPS) is 17.3. The molecule has 1 aliphatic heterocycles. The van der Waals surface area contributed by atoms with Crippen LogP contribution in [0.15, 0.2) is 23.6 Å². The van der Waals surface area contributed by atoms with Gasteiger partial charge in [-0.2, -0.15) is 0 Å². The topological polar surface area (TPSA) is 50.3 Å². The molecule has 2 heterocycles. The fourth-order valence-electron chi connectivity index (χ4n) is 2.87. The van der Waals surface area contributed by atoms with Crippen LogP contribution in [0, 0.1) is 6.92 Å². The minimum Gasteiger partial charge on any atom is -0.246 e. The molecule has 1 aromatic heterocycles. The fraction of sp³-hybridized carbons (Fsp3) is 0.438. The van der Waals surface area contributed by atoms with Crippen LogP contribution >= 0.6 is 34.5 Å². The Hall–Kier alpha value is -0.660. The Morgan fingerprint density at radius 2 is 1.96 bits per heavy atom. The molecule has 1 fully saturated rings. The molecule has 0 amide bonds. The van der Waals surface area contributed by atoms with E-state index in [1.807, 2.05) is 12.3 Å². The summed E-state index contributed by atoms with van der Waals surface area (Å²) in [4.78, 5) is 4.53. The number of sulfonamides is 1. The molecule has 0 aliphatic carbocycles. The van der Waals surface area contributed by atoms with Crippen molar-refractivity contribution < 1.29 is 8.42 Å². The molecule has 0 unspecified atom stereocenters. The number of rotatable bonds is 4. The highest BCUT2D eigenvalue weighted by Crippen LogP contribution is 2.32. The number of piperidine rings is 1. The Kier molecular flexibility index (Phi) is 5.52. The predicted molar refractivity (Wildman–Crippen MR) is 99.5 cm³/mol. The lowest BCUT2D eigenvalue weighted by molar-refractivity contribution is 0.318. The minimum absolute atomic E-state index is 0.0507. The van der Waals surface area contributed by atoms with Crippen molar-refractivity contribution in [3.8, 4) is 0 Å². The highest BCUT2D eigenvalue weighted by Gasteiger charge is 2.29. The molecule has 0 N–H and O–H groups in total. The minimum atomic E-state index is -3.35. The van der Waals surface area contributed by atoms with Crippen molar-refractivity contribution in [2.45, 2.75) is 31.4 Å². The lowest BCUT2D eigenvalue weighted by Crippen LogP contribution is -2.38. The number of nitrogens with zero attached hydrogens (tertiary/aromatic N) is 2. The van der Waals surface area contributed by atoms with Crippen molar-refractivity contribution in [3.05, 3.63) is 49.9 Å². The molecular formula is C16H18Cl2N2O2S2. The van der Waals surface area contributed by atoms with E-state index in [0.29, 0.717) is 34.6 Å². The Bertz CT molecular complexity index is 828. The Balaban J connectivity index is 1.65. The second kappa shape index (κ2) is 7.30. The lowest BCUT2D eigenvalue weighted by atomic mass is 9.99. The van der Waals surface area contributed by atoms with Crippen LogP contribution in [0.1, 0.15) is 35.0 Å². The Labute approximate surface area is 156 Å². The van der Waals surface area contributed by atoms with Gasteiger partial charge in [0.05, 0.1) is 20.8 Å². The standard InChI is InChI=1S/C16H18Cl2N2O2S2/c1-11-9-23-16(19-11)13-4-6-20(7-5-13)24(21,22)10-12-2-3-14(17)15(18)8-12/h2-3,8-9,13H,4-7,10H2,1H3. The first-order valence-electron chi connectivity index (χ1n) is 7.69. The molecule has 0 saturated carbocycles. The SMILES string of the molecule is Cc1csc(C2CCN(S(=O)(=O)Cc3ccc(Cl)c(Cl)c3)CC2)n1. The molecule has 1 aliphatic rings. The second-order valence-electron chi connectivity index (χ2n) is 6.01. The van der Waals surface area contributed by atoms with E-state index in [0.717, 1.165) is 23.5 Å². The molecule has 8 heteroatoms. The molecule has 2 aromatic rings. The maximum Gasteiger partial charge on any atom is 0.218 e. The van der Waals surface area contributed by atoms with Gasteiger partial charge in [-0.05, 0) is 37.5 Å². The van der Waals surface area contributed by atoms with Crippen LogP contribution in [0.3, 0.4) is 0 Å². The number of thiazole rings is 1. The number of hydrogen-bond acceptors (Lipinski definition) is 4. The van der Waals surface area contributed by atoms with Gasteiger partial charge in [-0.15, -0.1) is 11.3 Å². The van der Waals surface area contributed by atoms with E-state index in [2.05, 4.69) is 4.98 Å². The Morgan fingerprint density at radius 1 is 1.25 bits per heavy atom. The molecule has 0 spiro atoms. The van der Waals surface area contributed by atoms with E-state index in [1.54, 1.807) is 33.8 Å². The van der Waals surface area contributed by atoms with E-state index in [-0.39, 0.29) is 5.75 Å². The quantitative estimate of drug-likeness (QED) is 0.754. The molecule has 0 radical (unpaired) electrons. The van der Waals surface area contributed by atoms with Gasteiger partial charge in [0.15, 0.2) is 0 Å². The first-order chi connectivity index (χ1) is 11.3. The van der Waals surface area contributed by atoms with E-state index in [9.17, 15) is 8.42 Å². The van der Waals surface area contributed by atoms with Crippen molar-refractivity contribution >= 4 is 44.6 Å². The van der Waals surface area contributed by atoms with Gasteiger partial charge in [-0.25, -0.2) is 17.7 Å². The zero-order chi connectivity index (χ0) is 17.3. The zero-order valence-corrected chi connectivity index (χ0v) is 16.4. The van der Waals surface area contributed by atoms with E-state index < -0.39 is 10.0 Å². The summed E-state index contributed by atoms with van der Waals surface area (Å²) in [5.74, 6) is 0.311. The summed E-state index contributed by atoms with van der Waals surface area (Å²) in [6.07, 6.45) is 1.63. The van der Waals surface area contributed by atoms with Gasteiger partial charge in [-0.3, -0.25) is 0 Å². The third-order valence-corrected chi connectivity index (χ3v) is 7.88. The van der Waals surface area contributed by atoms with Gasteiger partial charge in [-0.1, -0.05) is 29.3 Å². The Morgan fingerprint density at radius 3 is 2.54 bits per heavy atom. The van der Waals surface area contributed by atoms with Crippen molar-refractivity contribution in [2.75, 3.05) is 13.1 Å². The number of aromatic nitrogens is 1. The monoisotopic (exact) mass is 404 g/mol. The third-order valence-electron chi connectivity index (χ3n) is 4.17. The van der Waals surface area contributed by atoms with Gasteiger partial charge >= 0.3 is 0 Å². The molecule has 130 valence electrons. The van der Waals surface area contributed by atoms with Gasteiger partial charge < -0.3 is 0 Å². The number of aryl methyl sites for hydroxylation is 1. The van der Waals surface area contributed by atoms with Crippen LogP contribution in [-0.2, 0) is 15.8 Å². The zero-order valence-electron chi connectivity index (χ0n) is 13.2. The number of halogens is 2. The fourth-order valence-corrected chi connectivity index (χ4v) is 5.71. The smallest absolute Gasteiger partial charge is 0.218 e. The molecule has 0 bridgehead atoms. The summed E-state index contributed by atoms with van der Waals surface area (Å²) in [6.45, 7) is 3.05. The van der Waals surface area contributed by atoms with Crippen LogP contribution in [-0.4, -0.2) is 30.8 Å². The number of hydrogen-bond donors (Lipinski definition) is 0.